The van der Waals surface area contributed by atoms with Gasteiger partial charge in [0.15, 0.2) is 0 Å². The van der Waals surface area contributed by atoms with Crippen LogP contribution in [0.3, 0.4) is 0 Å². The van der Waals surface area contributed by atoms with Crippen molar-refractivity contribution in [3.05, 3.63) is 59.4 Å². The zero-order valence-electron chi connectivity index (χ0n) is 12.6. The fraction of sp³-hybridized carbons (Fsp3) is 0.118. The average Bonchev–Trinajstić information content (AvgIpc) is 3.01. The van der Waals surface area contributed by atoms with Gasteiger partial charge in [-0.1, -0.05) is 42.1 Å². The van der Waals surface area contributed by atoms with E-state index in [2.05, 4.69) is 15.0 Å². The van der Waals surface area contributed by atoms with E-state index in [1.165, 1.54) is 23.1 Å². The maximum atomic E-state index is 13.1. The molecule has 3 nitrogen and oxygen atoms in total. The van der Waals surface area contributed by atoms with Gasteiger partial charge in [0.25, 0.3) is 0 Å². The summed E-state index contributed by atoms with van der Waals surface area (Å²) in [4.78, 5) is 11.9. The van der Waals surface area contributed by atoms with Crippen LogP contribution in [0.5, 0.6) is 0 Å². The highest BCUT2D eigenvalue weighted by Crippen LogP contribution is 2.34. The summed E-state index contributed by atoms with van der Waals surface area (Å²) in [5.41, 5.74) is 1.18. The summed E-state index contributed by atoms with van der Waals surface area (Å²) in [5.74, 6) is -0.657. The lowest BCUT2D eigenvalue weighted by molar-refractivity contribution is -0.145. The molecule has 4 aromatic rings. The van der Waals surface area contributed by atoms with Crippen LogP contribution in [-0.4, -0.2) is 15.0 Å². The van der Waals surface area contributed by atoms with E-state index in [9.17, 15) is 13.2 Å². The zero-order chi connectivity index (χ0) is 17.4. The number of rotatable bonds is 3. The zero-order valence-corrected chi connectivity index (χ0v) is 14.3. The first-order valence-electron chi connectivity index (χ1n) is 7.32. The lowest BCUT2D eigenvalue weighted by Gasteiger charge is -2.09. The van der Waals surface area contributed by atoms with Gasteiger partial charge in [-0.2, -0.15) is 13.2 Å². The van der Waals surface area contributed by atoms with Crippen molar-refractivity contribution in [2.24, 2.45) is 0 Å². The van der Waals surface area contributed by atoms with Gasteiger partial charge in [-0.15, -0.1) is 11.3 Å². The van der Waals surface area contributed by atoms with Gasteiger partial charge in [-0.25, -0.2) is 15.0 Å². The summed E-state index contributed by atoms with van der Waals surface area (Å²) in [5, 5.41) is 1.78. The maximum Gasteiger partial charge on any atom is 0.451 e. The van der Waals surface area contributed by atoms with Gasteiger partial charge in [0.05, 0.1) is 21.5 Å². The predicted octanol–water partition coefficient (Wildman–Crippen LogP) is 5.55. The highest BCUT2D eigenvalue weighted by Gasteiger charge is 2.35. The second kappa shape index (κ2) is 6.27. The number of hydrogen-bond acceptors (Lipinski definition) is 5. The fourth-order valence-corrected chi connectivity index (χ4v) is 4.38. The molecule has 0 spiro atoms. The molecule has 0 bridgehead atoms. The molecule has 8 heteroatoms. The van der Waals surface area contributed by atoms with Crippen LogP contribution < -0.4 is 0 Å². The minimum atomic E-state index is -4.57. The van der Waals surface area contributed by atoms with Crippen molar-refractivity contribution >= 4 is 44.2 Å². The molecule has 0 aliphatic rings. The van der Waals surface area contributed by atoms with Crippen molar-refractivity contribution in [3.63, 3.8) is 0 Å². The second-order valence-corrected chi connectivity index (χ2v) is 7.31. The van der Waals surface area contributed by atoms with Gasteiger partial charge < -0.3 is 0 Å². The van der Waals surface area contributed by atoms with E-state index in [-0.39, 0.29) is 5.52 Å². The normalized spacial score (nSPS) is 12.1. The number of benzene rings is 2. The quantitative estimate of drug-likeness (QED) is 0.347. The summed E-state index contributed by atoms with van der Waals surface area (Å²) < 4.78 is 40.2. The smallest absolute Gasteiger partial charge is 0.240 e. The third-order valence-corrected chi connectivity index (χ3v) is 5.71. The molecule has 0 unspecified atom stereocenters. The Bertz CT molecular complexity index is 1030. The Morgan fingerprint density at radius 2 is 1.60 bits per heavy atom. The minimum absolute atomic E-state index is 0.289. The van der Waals surface area contributed by atoms with Gasteiger partial charge in [0.2, 0.25) is 5.82 Å². The van der Waals surface area contributed by atoms with Crippen LogP contribution in [0.2, 0.25) is 0 Å². The SMILES string of the molecule is FC(F)(F)c1nc(SCc2nc3ccccc3s2)c2ccccc2n1. The minimum Gasteiger partial charge on any atom is -0.240 e. The molecular formula is C17H10F3N3S2. The first kappa shape index (κ1) is 16.3. The Hall–Kier alpha value is -2.19. The Kier molecular flexibility index (Phi) is 4.09. The predicted molar refractivity (Wildman–Crippen MR) is 93.7 cm³/mol. The van der Waals surface area contributed by atoms with Crippen LogP contribution in [0.25, 0.3) is 21.1 Å². The molecule has 0 fully saturated rings. The molecule has 2 aromatic carbocycles. The number of alkyl halides is 3. The highest BCUT2D eigenvalue weighted by atomic mass is 32.2. The summed E-state index contributed by atoms with van der Waals surface area (Å²) in [6.07, 6.45) is -4.57. The van der Waals surface area contributed by atoms with Crippen molar-refractivity contribution in [2.45, 2.75) is 17.0 Å². The van der Waals surface area contributed by atoms with E-state index in [4.69, 9.17) is 0 Å². The molecule has 0 saturated carbocycles. The Labute approximate surface area is 149 Å². The number of halogens is 3. The molecule has 0 atom stereocenters. The number of aromatic nitrogens is 3. The average molecular weight is 377 g/mol. The van der Waals surface area contributed by atoms with Gasteiger partial charge in [0, 0.05) is 5.39 Å². The van der Waals surface area contributed by atoms with E-state index in [0.29, 0.717) is 16.2 Å². The van der Waals surface area contributed by atoms with Gasteiger partial charge in [-0.05, 0) is 18.2 Å². The summed E-state index contributed by atoms with van der Waals surface area (Å²) in [7, 11) is 0. The van der Waals surface area contributed by atoms with Gasteiger partial charge >= 0.3 is 6.18 Å². The molecule has 0 N–H and O–H groups in total. The monoisotopic (exact) mass is 377 g/mol. The standard InChI is InChI=1S/C17H10F3N3S2/c18-17(19,20)16-22-11-6-2-1-5-10(11)15(23-16)24-9-14-21-12-7-3-4-8-13(12)25-14/h1-8H,9H2. The molecule has 2 heterocycles. The third-order valence-electron chi connectivity index (χ3n) is 3.49. The molecule has 0 radical (unpaired) electrons. The largest absolute Gasteiger partial charge is 0.451 e. The van der Waals surface area contributed by atoms with E-state index in [1.54, 1.807) is 24.3 Å². The molecule has 2 aromatic heterocycles. The summed E-state index contributed by atoms with van der Waals surface area (Å²) in [6.45, 7) is 0. The summed E-state index contributed by atoms with van der Waals surface area (Å²) >= 11 is 2.78. The molecule has 0 amide bonds. The molecular weight excluding hydrogens is 367 g/mol. The van der Waals surface area contributed by atoms with Crippen molar-refractivity contribution < 1.29 is 13.2 Å². The highest BCUT2D eigenvalue weighted by molar-refractivity contribution is 7.98. The first-order valence-corrected chi connectivity index (χ1v) is 9.12. The Morgan fingerprint density at radius 1 is 0.880 bits per heavy atom. The topological polar surface area (TPSA) is 38.7 Å². The molecule has 0 aliphatic heterocycles. The van der Waals surface area contributed by atoms with Crippen LogP contribution in [0, 0.1) is 0 Å². The van der Waals surface area contributed by atoms with Gasteiger partial charge in [0.1, 0.15) is 10.0 Å². The number of thioether (sulfide) groups is 1. The molecule has 0 aliphatic carbocycles. The Morgan fingerprint density at radius 3 is 2.36 bits per heavy atom. The number of fused-ring (bicyclic) bond motifs is 2. The molecule has 126 valence electrons. The van der Waals surface area contributed by atoms with Gasteiger partial charge in [-0.3, -0.25) is 0 Å². The van der Waals surface area contributed by atoms with Crippen LogP contribution in [0.1, 0.15) is 10.8 Å². The van der Waals surface area contributed by atoms with E-state index in [0.717, 1.165) is 15.2 Å². The fourth-order valence-electron chi connectivity index (χ4n) is 2.40. The van der Waals surface area contributed by atoms with E-state index in [1.807, 2.05) is 24.3 Å². The lowest BCUT2D eigenvalue weighted by Crippen LogP contribution is -2.11. The van der Waals surface area contributed by atoms with Crippen molar-refractivity contribution in [3.8, 4) is 0 Å². The second-order valence-electron chi connectivity index (χ2n) is 5.23. The van der Waals surface area contributed by atoms with Crippen LogP contribution in [0.15, 0.2) is 53.6 Å². The maximum absolute atomic E-state index is 13.1. The first-order chi connectivity index (χ1) is 12.0. The molecule has 4 rings (SSSR count). The lowest BCUT2D eigenvalue weighted by atomic mass is 10.2. The molecule has 0 saturated heterocycles. The number of thiazole rings is 1. The van der Waals surface area contributed by atoms with Crippen molar-refractivity contribution in [2.75, 3.05) is 0 Å². The van der Waals surface area contributed by atoms with E-state index < -0.39 is 12.0 Å². The van der Waals surface area contributed by atoms with Crippen LogP contribution in [0.4, 0.5) is 13.2 Å². The number of hydrogen-bond donors (Lipinski definition) is 0. The van der Waals surface area contributed by atoms with Crippen LogP contribution >= 0.6 is 23.1 Å². The third kappa shape index (κ3) is 3.32. The molecule has 25 heavy (non-hydrogen) atoms. The van der Waals surface area contributed by atoms with Crippen LogP contribution in [-0.2, 0) is 11.9 Å². The Balaban J connectivity index is 1.70. The van der Waals surface area contributed by atoms with Crippen molar-refractivity contribution in [1.29, 1.82) is 0 Å². The number of para-hydroxylation sites is 2. The number of nitrogens with zero attached hydrogens (tertiary/aromatic N) is 3. The summed E-state index contributed by atoms with van der Waals surface area (Å²) in [6, 6.07) is 14.5. The van der Waals surface area contributed by atoms with E-state index >= 15 is 0 Å². The van der Waals surface area contributed by atoms with Crippen molar-refractivity contribution in [1.82, 2.24) is 15.0 Å².